The van der Waals surface area contributed by atoms with Crippen LogP contribution in [0.2, 0.25) is 0 Å². The zero-order valence-electron chi connectivity index (χ0n) is 16.7. The molecule has 0 aliphatic rings. The van der Waals surface area contributed by atoms with Crippen molar-refractivity contribution in [1.29, 1.82) is 0 Å². The molecule has 3 aromatic carbocycles. The Bertz CT molecular complexity index is 1140. The molecule has 7 heteroatoms. The predicted molar refractivity (Wildman–Crippen MR) is 116 cm³/mol. The minimum atomic E-state index is -3.86. The van der Waals surface area contributed by atoms with E-state index in [4.69, 9.17) is 4.74 Å². The van der Waals surface area contributed by atoms with Crippen LogP contribution in [0.3, 0.4) is 0 Å². The normalized spacial score (nSPS) is 11.3. The van der Waals surface area contributed by atoms with E-state index < -0.39 is 16.0 Å². The number of nitrogens with one attached hydrogen (secondary N) is 1. The summed E-state index contributed by atoms with van der Waals surface area (Å²) < 4.78 is 33.9. The number of hydrogen-bond donors (Lipinski definition) is 1. The van der Waals surface area contributed by atoms with Crippen LogP contribution in [0.1, 0.15) is 23.7 Å². The quantitative estimate of drug-likeness (QED) is 0.587. The molecule has 0 heterocycles. The van der Waals surface area contributed by atoms with Crippen molar-refractivity contribution < 1.29 is 17.9 Å². The Balaban J connectivity index is 1.97. The number of anilines is 2. The molecule has 0 saturated carbocycles. The van der Waals surface area contributed by atoms with E-state index in [1.54, 1.807) is 36.4 Å². The van der Waals surface area contributed by atoms with Crippen LogP contribution >= 0.6 is 0 Å². The van der Waals surface area contributed by atoms with Gasteiger partial charge in [0.15, 0.2) is 0 Å². The Morgan fingerprint density at radius 2 is 1.69 bits per heavy atom. The molecule has 0 saturated heterocycles. The number of nitrogens with zero attached hydrogens (tertiary/aromatic N) is 1. The van der Waals surface area contributed by atoms with Crippen LogP contribution in [0.4, 0.5) is 11.4 Å². The van der Waals surface area contributed by atoms with Crippen LogP contribution in [0.25, 0.3) is 10.8 Å². The maximum absolute atomic E-state index is 13.1. The summed E-state index contributed by atoms with van der Waals surface area (Å²) in [5.74, 6) is -0.478. The summed E-state index contributed by atoms with van der Waals surface area (Å²) in [7, 11) is -0.0344. The minimum absolute atomic E-state index is 0.178. The van der Waals surface area contributed by atoms with Crippen LogP contribution in [-0.2, 0) is 14.8 Å². The zero-order valence-corrected chi connectivity index (χ0v) is 17.5. The van der Waals surface area contributed by atoms with Gasteiger partial charge < -0.3 is 9.64 Å². The lowest BCUT2D eigenvalue weighted by Gasteiger charge is -2.17. The summed E-state index contributed by atoms with van der Waals surface area (Å²) in [5.41, 5.74) is 1.53. The summed E-state index contributed by atoms with van der Waals surface area (Å²) in [5, 5.41) is 1.47. The highest BCUT2D eigenvalue weighted by molar-refractivity contribution is 7.93. The van der Waals surface area contributed by atoms with E-state index >= 15 is 0 Å². The summed E-state index contributed by atoms with van der Waals surface area (Å²) >= 11 is 0. The van der Waals surface area contributed by atoms with Gasteiger partial charge in [0.2, 0.25) is 0 Å². The zero-order chi connectivity index (χ0) is 21.0. The highest BCUT2D eigenvalue weighted by Crippen LogP contribution is 2.31. The van der Waals surface area contributed by atoms with Crippen LogP contribution in [0.5, 0.6) is 0 Å². The van der Waals surface area contributed by atoms with E-state index in [1.165, 1.54) is 6.07 Å². The predicted octanol–water partition coefficient (Wildman–Crippen LogP) is 4.27. The monoisotopic (exact) mass is 412 g/mol. The fourth-order valence-corrected chi connectivity index (χ4v) is 4.36. The first-order valence-electron chi connectivity index (χ1n) is 9.32. The second-order valence-electron chi connectivity index (χ2n) is 6.85. The molecule has 29 heavy (non-hydrogen) atoms. The summed E-state index contributed by atoms with van der Waals surface area (Å²) in [6.07, 6.45) is 0.716. The van der Waals surface area contributed by atoms with Crippen LogP contribution in [0.15, 0.2) is 65.6 Å². The van der Waals surface area contributed by atoms with Crippen molar-refractivity contribution >= 4 is 38.1 Å². The lowest BCUT2D eigenvalue weighted by Crippen LogP contribution is -2.15. The largest absolute Gasteiger partial charge is 0.462 e. The molecule has 0 aliphatic carbocycles. The molecular weight excluding hydrogens is 388 g/mol. The van der Waals surface area contributed by atoms with Gasteiger partial charge in [-0.2, -0.15) is 0 Å². The van der Waals surface area contributed by atoms with Gasteiger partial charge in [0.05, 0.1) is 17.1 Å². The minimum Gasteiger partial charge on any atom is -0.462 e. The molecule has 0 aliphatic heterocycles. The molecule has 3 rings (SSSR count). The molecule has 152 valence electrons. The van der Waals surface area contributed by atoms with Gasteiger partial charge in [-0.1, -0.05) is 37.3 Å². The summed E-state index contributed by atoms with van der Waals surface area (Å²) in [6.45, 7) is 2.22. The SMILES string of the molecule is CCCOC(=O)c1cccc(NS(=O)(=O)c2cccc3c(N(C)C)cccc23)c1. The van der Waals surface area contributed by atoms with Gasteiger partial charge in [0.25, 0.3) is 10.0 Å². The van der Waals surface area contributed by atoms with Gasteiger partial charge in [0, 0.05) is 36.2 Å². The Hall–Kier alpha value is -3.06. The number of benzene rings is 3. The van der Waals surface area contributed by atoms with Gasteiger partial charge in [-0.05, 0) is 36.8 Å². The molecule has 1 N–H and O–H groups in total. The number of rotatable bonds is 7. The number of ether oxygens (including phenoxy) is 1. The van der Waals surface area contributed by atoms with Crippen LogP contribution in [-0.4, -0.2) is 35.1 Å². The first-order chi connectivity index (χ1) is 13.8. The van der Waals surface area contributed by atoms with Crippen molar-refractivity contribution in [2.45, 2.75) is 18.2 Å². The first-order valence-corrected chi connectivity index (χ1v) is 10.8. The first kappa shape index (κ1) is 20.7. The maximum Gasteiger partial charge on any atom is 0.338 e. The summed E-state index contributed by atoms with van der Waals surface area (Å²) in [6, 6.07) is 17.1. The maximum atomic E-state index is 13.1. The molecule has 0 spiro atoms. The number of carbonyl (C=O) groups excluding carboxylic acids is 1. The Labute approximate surface area is 171 Å². The molecule has 3 aromatic rings. The van der Waals surface area contributed by atoms with Crippen molar-refractivity contribution in [2.75, 3.05) is 30.3 Å². The lowest BCUT2D eigenvalue weighted by molar-refractivity contribution is 0.0505. The fourth-order valence-electron chi connectivity index (χ4n) is 3.09. The van der Waals surface area contributed by atoms with Gasteiger partial charge in [0.1, 0.15) is 0 Å². The summed E-state index contributed by atoms with van der Waals surface area (Å²) in [4.78, 5) is 14.2. The number of carbonyl (C=O) groups is 1. The molecule has 0 unspecified atom stereocenters. The molecule has 6 nitrogen and oxygen atoms in total. The van der Waals surface area contributed by atoms with Crippen LogP contribution in [0, 0.1) is 0 Å². The smallest absolute Gasteiger partial charge is 0.338 e. The second kappa shape index (κ2) is 8.53. The molecule has 0 fully saturated rings. The van der Waals surface area contributed by atoms with Gasteiger partial charge in [-0.15, -0.1) is 0 Å². The van der Waals surface area contributed by atoms with Crippen molar-refractivity contribution in [1.82, 2.24) is 0 Å². The average molecular weight is 413 g/mol. The number of hydrogen-bond acceptors (Lipinski definition) is 5. The van der Waals surface area contributed by atoms with E-state index in [0.717, 1.165) is 11.1 Å². The fraction of sp³-hybridized carbons (Fsp3) is 0.227. The topological polar surface area (TPSA) is 75.7 Å². The van der Waals surface area contributed by atoms with E-state index in [9.17, 15) is 13.2 Å². The Morgan fingerprint density at radius 1 is 1.00 bits per heavy atom. The van der Waals surface area contributed by atoms with Crippen molar-refractivity contribution in [3.8, 4) is 0 Å². The third-order valence-corrected chi connectivity index (χ3v) is 5.86. The van der Waals surface area contributed by atoms with E-state index in [0.29, 0.717) is 29.7 Å². The van der Waals surface area contributed by atoms with Gasteiger partial charge >= 0.3 is 5.97 Å². The second-order valence-corrected chi connectivity index (χ2v) is 8.50. The Kier molecular flexibility index (Phi) is 6.08. The molecule has 0 atom stereocenters. The lowest BCUT2D eigenvalue weighted by atomic mass is 10.1. The highest BCUT2D eigenvalue weighted by atomic mass is 32.2. The van der Waals surface area contributed by atoms with Crippen molar-refractivity contribution in [3.63, 3.8) is 0 Å². The van der Waals surface area contributed by atoms with Gasteiger partial charge in [-0.25, -0.2) is 13.2 Å². The third kappa shape index (κ3) is 4.51. The van der Waals surface area contributed by atoms with Gasteiger partial charge in [-0.3, -0.25) is 4.72 Å². The van der Waals surface area contributed by atoms with Crippen LogP contribution < -0.4 is 9.62 Å². The molecule has 0 radical (unpaired) electrons. The average Bonchev–Trinajstić information content (AvgIpc) is 2.70. The molecule has 0 bridgehead atoms. The van der Waals surface area contributed by atoms with E-state index in [-0.39, 0.29) is 4.90 Å². The number of fused-ring (bicyclic) bond motifs is 1. The molecular formula is C22H24N2O4S. The van der Waals surface area contributed by atoms with E-state index in [1.807, 2.05) is 44.1 Å². The molecule has 0 amide bonds. The third-order valence-electron chi connectivity index (χ3n) is 4.42. The number of sulfonamides is 1. The van der Waals surface area contributed by atoms with Crippen molar-refractivity contribution in [3.05, 3.63) is 66.2 Å². The number of esters is 1. The highest BCUT2D eigenvalue weighted by Gasteiger charge is 2.19. The van der Waals surface area contributed by atoms with E-state index in [2.05, 4.69) is 4.72 Å². The van der Waals surface area contributed by atoms with Crippen molar-refractivity contribution in [2.24, 2.45) is 0 Å². The Morgan fingerprint density at radius 3 is 2.41 bits per heavy atom. The molecule has 0 aromatic heterocycles. The standard InChI is InChI=1S/C22H24N2O4S/c1-4-14-28-22(25)16-8-5-9-17(15-16)23-29(26,27)21-13-7-10-18-19(21)11-6-12-20(18)24(2)3/h5-13,15,23H,4,14H2,1-3H3.